The van der Waals surface area contributed by atoms with Gasteiger partial charge in [0.1, 0.15) is 5.82 Å². The lowest BCUT2D eigenvalue weighted by Gasteiger charge is -2.28. The molecule has 1 aliphatic rings. The topological polar surface area (TPSA) is 92.6 Å². The standard InChI is InChI=1S/C16H19N7O/c1-4-12-19-20-13-8-22(5-6-23(12)13)16(24)11-7-9(2)17-15-14(11)10(3)18-21-15/h7H,4-6,8H2,1-3H3,(H,17,18,21). The third-order valence-corrected chi connectivity index (χ3v) is 4.50. The summed E-state index contributed by atoms with van der Waals surface area (Å²) in [5.74, 6) is 1.81. The maximum atomic E-state index is 13.1. The molecule has 0 fully saturated rings. The van der Waals surface area contributed by atoms with Gasteiger partial charge in [0.25, 0.3) is 5.91 Å². The second-order valence-corrected chi connectivity index (χ2v) is 6.12. The van der Waals surface area contributed by atoms with E-state index in [4.69, 9.17) is 0 Å². The minimum atomic E-state index is -0.0118. The zero-order valence-corrected chi connectivity index (χ0v) is 14.0. The van der Waals surface area contributed by atoms with Gasteiger partial charge >= 0.3 is 0 Å². The number of fused-ring (bicyclic) bond motifs is 2. The molecule has 0 aromatic carbocycles. The highest BCUT2D eigenvalue weighted by molar-refractivity contribution is 6.06. The first-order valence-electron chi connectivity index (χ1n) is 8.11. The number of hydrogen-bond acceptors (Lipinski definition) is 5. The summed E-state index contributed by atoms with van der Waals surface area (Å²) in [6.45, 7) is 7.70. The van der Waals surface area contributed by atoms with Gasteiger partial charge in [-0.3, -0.25) is 9.89 Å². The normalized spacial score (nSPS) is 14.2. The first-order chi connectivity index (χ1) is 11.6. The maximum absolute atomic E-state index is 13.1. The Balaban J connectivity index is 1.71. The zero-order chi connectivity index (χ0) is 16.8. The summed E-state index contributed by atoms with van der Waals surface area (Å²) in [6.07, 6.45) is 0.847. The first-order valence-corrected chi connectivity index (χ1v) is 8.11. The molecule has 4 heterocycles. The molecule has 24 heavy (non-hydrogen) atoms. The number of hydrogen-bond donors (Lipinski definition) is 1. The van der Waals surface area contributed by atoms with Crippen LogP contribution in [0.3, 0.4) is 0 Å². The monoisotopic (exact) mass is 325 g/mol. The van der Waals surface area contributed by atoms with Crippen LogP contribution in [-0.2, 0) is 19.5 Å². The smallest absolute Gasteiger partial charge is 0.255 e. The van der Waals surface area contributed by atoms with Gasteiger partial charge in [0.2, 0.25) is 0 Å². The molecule has 0 saturated carbocycles. The molecule has 0 spiro atoms. The van der Waals surface area contributed by atoms with Crippen LogP contribution in [0, 0.1) is 13.8 Å². The molecule has 1 amide bonds. The Morgan fingerprint density at radius 3 is 2.92 bits per heavy atom. The number of H-pyrrole nitrogens is 1. The summed E-state index contributed by atoms with van der Waals surface area (Å²) in [6, 6.07) is 1.84. The van der Waals surface area contributed by atoms with Crippen molar-refractivity contribution in [3.8, 4) is 0 Å². The van der Waals surface area contributed by atoms with Crippen LogP contribution in [0.15, 0.2) is 6.07 Å². The third kappa shape index (κ3) is 2.17. The van der Waals surface area contributed by atoms with E-state index in [1.807, 2.05) is 24.8 Å². The zero-order valence-electron chi connectivity index (χ0n) is 14.0. The Kier molecular flexibility index (Phi) is 3.33. The molecular weight excluding hydrogens is 306 g/mol. The van der Waals surface area contributed by atoms with Gasteiger partial charge in [-0.1, -0.05) is 6.92 Å². The fourth-order valence-electron chi connectivity index (χ4n) is 3.29. The number of aromatic nitrogens is 6. The van der Waals surface area contributed by atoms with Crippen molar-refractivity contribution in [3.63, 3.8) is 0 Å². The van der Waals surface area contributed by atoms with E-state index in [0.717, 1.165) is 41.4 Å². The molecule has 4 rings (SSSR count). The van der Waals surface area contributed by atoms with Crippen LogP contribution in [0.1, 0.15) is 40.3 Å². The van der Waals surface area contributed by atoms with Gasteiger partial charge < -0.3 is 9.47 Å². The Bertz CT molecular complexity index is 939. The van der Waals surface area contributed by atoms with E-state index >= 15 is 0 Å². The number of pyridine rings is 1. The van der Waals surface area contributed by atoms with E-state index in [1.54, 1.807) is 0 Å². The van der Waals surface area contributed by atoms with Gasteiger partial charge in [0.15, 0.2) is 11.5 Å². The quantitative estimate of drug-likeness (QED) is 0.768. The highest BCUT2D eigenvalue weighted by atomic mass is 16.2. The largest absolute Gasteiger partial charge is 0.329 e. The van der Waals surface area contributed by atoms with Crippen LogP contribution >= 0.6 is 0 Å². The fraction of sp³-hybridized carbons (Fsp3) is 0.438. The molecule has 1 aliphatic heterocycles. The average Bonchev–Trinajstić information content (AvgIpc) is 3.16. The first kappa shape index (κ1) is 14.8. The van der Waals surface area contributed by atoms with E-state index < -0.39 is 0 Å². The van der Waals surface area contributed by atoms with E-state index in [-0.39, 0.29) is 5.91 Å². The molecule has 0 bridgehead atoms. The molecule has 0 saturated heterocycles. The van der Waals surface area contributed by atoms with Crippen LogP contribution in [0.4, 0.5) is 0 Å². The number of carbonyl (C=O) groups is 1. The van der Waals surface area contributed by atoms with Gasteiger partial charge in [-0.15, -0.1) is 10.2 Å². The summed E-state index contributed by atoms with van der Waals surface area (Å²) in [5.41, 5.74) is 2.87. The van der Waals surface area contributed by atoms with Gasteiger partial charge in [-0.25, -0.2) is 4.98 Å². The summed E-state index contributed by atoms with van der Waals surface area (Å²) in [4.78, 5) is 19.3. The van der Waals surface area contributed by atoms with Crippen molar-refractivity contribution in [2.24, 2.45) is 0 Å². The molecule has 0 radical (unpaired) electrons. The number of aromatic amines is 1. The second-order valence-electron chi connectivity index (χ2n) is 6.12. The van der Waals surface area contributed by atoms with Crippen molar-refractivity contribution in [1.29, 1.82) is 0 Å². The van der Waals surface area contributed by atoms with Crippen LogP contribution in [-0.4, -0.2) is 47.3 Å². The molecule has 8 nitrogen and oxygen atoms in total. The fourth-order valence-corrected chi connectivity index (χ4v) is 3.29. The lowest BCUT2D eigenvalue weighted by atomic mass is 10.1. The lowest BCUT2D eigenvalue weighted by Crippen LogP contribution is -2.39. The molecule has 3 aromatic heterocycles. The number of aryl methyl sites for hydroxylation is 3. The number of carbonyl (C=O) groups excluding carboxylic acids is 1. The van der Waals surface area contributed by atoms with Crippen molar-refractivity contribution < 1.29 is 4.79 Å². The molecule has 1 N–H and O–H groups in total. The maximum Gasteiger partial charge on any atom is 0.255 e. The predicted molar refractivity (Wildman–Crippen MR) is 87.5 cm³/mol. The number of nitrogens with zero attached hydrogens (tertiary/aromatic N) is 6. The Morgan fingerprint density at radius 2 is 2.12 bits per heavy atom. The molecule has 0 unspecified atom stereocenters. The van der Waals surface area contributed by atoms with Gasteiger partial charge in [-0.05, 0) is 19.9 Å². The lowest BCUT2D eigenvalue weighted by molar-refractivity contribution is 0.0708. The van der Waals surface area contributed by atoms with Crippen LogP contribution < -0.4 is 0 Å². The van der Waals surface area contributed by atoms with Gasteiger partial charge in [0, 0.05) is 30.9 Å². The van der Waals surface area contributed by atoms with Gasteiger partial charge in [-0.2, -0.15) is 5.10 Å². The highest BCUT2D eigenvalue weighted by Crippen LogP contribution is 2.23. The molecule has 3 aromatic rings. The predicted octanol–water partition coefficient (Wildman–Crippen LogP) is 1.38. The SMILES string of the molecule is CCc1nnc2n1CCN(C(=O)c1cc(C)nc3n[nH]c(C)c13)C2. The number of nitrogens with one attached hydrogen (secondary N) is 1. The summed E-state index contributed by atoms with van der Waals surface area (Å²) in [7, 11) is 0. The van der Waals surface area contributed by atoms with Crippen molar-refractivity contribution >= 4 is 16.9 Å². The summed E-state index contributed by atoms with van der Waals surface area (Å²) in [5, 5.41) is 16.3. The van der Waals surface area contributed by atoms with Crippen molar-refractivity contribution in [2.75, 3.05) is 6.54 Å². The molecule has 8 heteroatoms. The van der Waals surface area contributed by atoms with E-state index in [1.165, 1.54) is 0 Å². The average molecular weight is 325 g/mol. The van der Waals surface area contributed by atoms with Crippen molar-refractivity contribution in [2.45, 2.75) is 40.3 Å². The summed E-state index contributed by atoms with van der Waals surface area (Å²) >= 11 is 0. The molecule has 124 valence electrons. The van der Waals surface area contributed by atoms with Crippen LogP contribution in [0.5, 0.6) is 0 Å². The molecular formula is C16H19N7O. The molecule has 0 atom stereocenters. The second kappa shape index (κ2) is 5.40. The van der Waals surface area contributed by atoms with Crippen molar-refractivity contribution in [3.05, 3.63) is 34.7 Å². The molecule has 0 aliphatic carbocycles. The number of rotatable bonds is 2. The van der Waals surface area contributed by atoms with E-state index in [0.29, 0.717) is 24.3 Å². The highest BCUT2D eigenvalue weighted by Gasteiger charge is 2.27. The Labute approximate surface area is 138 Å². The third-order valence-electron chi connectivity index (χ3n) is 4.50. The van der Waals surface area contributed by atoms with Crippen molar-refractivity contribution in [1.82, 2.24) is 34.8 Å². The van der Waals surface area contributed by atoms with E-state index in [2.05, 4.69) is 36.9 Å². The Morgan fingerprint density at radius 1 is 1.29 bits per heavy atom. The Hall–Kier alpha value is -2.77. The van der Waals surface area contributed by atoms with Crippen LogP contribution in [0.25, 0.3) is 11.0 Å². The minimum absolute atomic E-state index is 0.0118. The van der Waals surface area contributed by atoms with E-state index in [9.17, 15) is 4.79 Å². The number of amides is 1. The summed E-state index contributed by atoms with van der Waals surface area (Å²) < 4.78 is 2.11. The van der Waals surface area contributed by atoms with Gasteiger partial charge in [0.05, 0.1) is 17.5 Å². The van der Waals surface area contributed by atoms with Crippen LogP contribution in [0.2, 0.25) is 0 Å². The minimum Gasteiger partial charge on any atom is -0.329 e.